The molecule has 1 atom stereocenters. The first-order chi connectivity index (χ1) is 24.7. The summed E-state index contributed by atoms with van der Waals surface area (Å²) >= 11 is 1.82. The Kier molecular flexibility index (Phi) is 6.71. The van der Waals surface area contributed by atoms with Gasteiger partial charge in [0.2, 0.25) is 0 Å². The minimum Gasteiger partial charge on any atom is -0.456 e. The van der Waals surface area contributed by atoms with Crippen molar-refractivity contribution in [1.82, 2.24) is 5.32 Å². The number of nitrogens with zero attached hydrogens (tertiary/aromatic N) is 2. The molecule has 1 aliphatic heterocycles. The molecule has 3 heterocycles. The molecule has 0 bridgehead atoms. The highest BCUT2D eigenvalue weighted by Gasteiger charge is 2.24. The third-order valence-corrected chi connectivity index (χ3v) is 10.8. The van der Waals surface area contributed by atoms with Gasteiger partial charge in [-0.15, -0.1) is 11.3 Å². The van der Waals surface area contributed by atoms with Gasteiger partial charge in [0, 0.05) is 47.6 Å². The molecule has 1 aliphatic rings. The van der Waals surface area contributed by atoms with E-state index in [9.17, 15) is 0 Å². The zero-order valence-corrected chi connectivity index (χ0v) is 27.7. The normalized spacial score (nSPS) is 14.6. The van der Waals surface area contributed by atoms with Crippen molar-refractivity contribution in [2.75, 3.05) is 0 Å². The largest absolute Gasteiger partial charge is 0.456 e. The summed E-state index contributed by atoms with van der Waals surface area (Å²) in [6.45, 7) is 0. The Morgan fingerprint density at radius 1 is 0.480 bits per heavy atom. The van der Waals surface area contributed by atoms with Crippen LogP contribution in [0, 0.1) is 0 Å². The summed E-state index contributed by atoms with van der Waals surface area (Å²) in [5, 5.41) is 8.34. The molecule has 7 aromatic carbocycles. The number of hydrogen-bond donors (Lipinski definition) is 1. The zero-order chi connectivity index (χ0) is 33.0. The third-order valence-electron chi connectivity index (χ3n) is 9.57. The van der Waals surface area contributed by atoms with Gasteiger partial charge in [-0.1, -0.05) is 133 Å². The van der Waals surface area contributed by atoms with E-state index in [1.54, 1.807) is 0 Å². The molecule has 0 spiro atoms. The quantitative estimate of drug-likeness (QED) is 0.200. The number of nitrogens with one attached hydrogen (secondary N) is 1. The highest BCUT2D eigenvalue weighted by molar-refractivity contribution is 7.26. The molecule has 4 nitrogen and oxygen atoms in total. The van der Waals surface area contributed by atoms with E-state index < -0.39 is 0 Å². The summed E-state index contributed by atoms with van der Waals surface area (Å²) in [5.74, 6) is 1.47. The monoisotopic (exact) mass is 659 g/mol. The Hall–Kier alpha value is -6.30. The van der Waals surface area contributed by atoms with Crippen molar-refractivity contribution < 1.29 is 4.42 Å². The highest BCUT2D eigenvalue weighted by atomic mass is 32.1. The van der Waals surface area contributed by atoms with Gasteiger partial charge in [0.15, 0.2) is 5.84 Å². The number of aliphatic imine (C=N–C) groups is 2. The van der Waals surface area contributed by atoms with Gasteiger partial charge in [-0.05, 0) is 52.6 Å². The Balaban J connectivity index is 1.05. The molecule has 5 heteroatoms. The summed E-state index contributed by atoms with van der Waals surface area (Å²) < 4.78 is 8.96. The molecular weight excluding hydrogens is 631 g/mol. The van der Waals surface area contributed by atoms with Crippen molar-refractivity contribution in [3.63, 3.8) is 0 Å². The predicted molar refractivity (Wildman–Crippen MR) is 209 cm³/mol. The van der Waals surface area contributed by atoms with E-state index in [4.69, 9.17) is 14.4 Å². The molecule has 236 valence electrons. The van der Waals surface area contributed by atoms with Crippen molar-refractivity contribution in [2.24, 2.45) is 9.98 Å². The fourth-order valence-electron chi connectivity index (χ4n) is 7.05. The Labute approximate surface area is 292 Å². The molecule has 10 rings (SSSR count). The van der Waals surface area contributed by atoms with Gasteiger partial charge in [-0.2, -0.15) is 0 Å². The average molecular weight is 660 g/mol. The van der Waals surface area contributed by atoms with Crippen LogP contribution in [0.15, 0.2) is 178 Å². The first-order valence-corrected chi connectivity index (χ1v) is 17.6. The highest BCUT2D eigenvalue weighted by Crippen LogP contribution is 2.39. The first kappa shape index (κ1) is 28.7. The maximum Gasteiger partial charge on any atom is 0.159 e. The number of fused-ring (bicyclic) bond motifs is 6. The molecule has 2 aromatic heterocycles. The number of thiophene rings is 1. The molecule has 0 aliphatic carbocycles. The van der Waals surface area contributed by atoms with Crippen LogP contribution in [-0.4, -0.2) is 11.7 Å². The van der Waals surface area contributed by atoms with Crippen molar-refractivity contribution in [3.8, 4) is 22.3 Å². The number of rotatable bonds is 5. The van der Waals surface area contributed by atoms with Gasteiger partial charge >= 0.3 is 0 Å². The maximum absolute atomic E-state index is 6.45. The average Bonchev–Trinajstić information content (AvgIpc) is 3.76. The molecule has 0 amide bonds. The van der Waals surface area contributed by atoms with Gasteiger partial charge in [0.1, 0.15) is 23.2 Å². The summed E-state index contributed by atoms with van der Waals surface area (Å²) in [4.78, 5) is 10.3. The smallest absolute Gasteiger partial charge is 0.159 e. The number of amidine groups is 2. The Morgan fingerprint density at radius 3 is 1.96 bits per heavy atom. The second kappa shape index (κ2) is 11.7. The molecule has 50 heavy (non-hydrogen) atoms. The van der Waals surface area contributed by atoms with Crippen molar-refractivity contribution in [2.45, 2.75) is 6.17 Å². The number of hydrogen-bond acceptors (Lipinski definition) is 5. The lowest BCUT2D eigenvalue weighted by molar-refractivity contribution is 0.668. The minimum atomic E-state index is -0.309. The molecule has 1 unspecified atom stereocenters. The van der Waals surface area contributed by atoms with Crippen LogP contribution in [0.3, 0.4) is 0 Å². The van der Waals surface area contributed by atoms with Crippen LogP contribution in [0.1, 0.15) is 22.9 Å². The Bertz CT molecular complexity index is 2780. The van der Waals surface area contributed by atoms with Crippen LogP contribution < -0.4 is 5.32 Å². The fraction of sp³-hybridized carbons (Fsp3) is 0.0222. The standard InChI is InChI=1S/C45H29N3OS/c1-3-10-28(11-4-1)29-18-20-30(21-19-29)32-23-25-39-38(26-32)34-24-22-33(27-40(34)49-39)44-46-43(31-12-5-2-6-13-31)47-45(48-44)37-16-9-15-36-35-14-7-8-17-41(35)50-42(36)37/h1-27,45H,(H,46,47,48). The van der Waals surface area contributed by atoms with E-state index in [0.29, 0.717) is 5.84 Å². The molecular formula is C45H29N3OS. The molecule has 0 saturated heterocycles. The fourth-order valence-corrected chi connectivity index (χ4v) is 8.29. The van der Waals surface area contributed by atoms with Gasteiger partial charge in [-0.3, -0.25) is 0 Å². The first-order valence-electron chi connectivity index (χ1n) is 16.8. The van der Waals surface area contributed by atoms with Crippen LogP contribution in [0.2, 0.25) is 0 Å². The van der Waals surface area contributed by atoms with E-state index in [1.807, 2.05) is 35.6 Å². The minimum absolute atomic E-state index is 0.309. The third kappa shape index (κ3) is 4.90. The summed E-state index contributed by atoms with van der Waals surface area (Å²) in [6.07, 6.45) is -0.309. The van der Waals surface area contributed by atoms with E-state index in [0.717, 1.165) is 50.0 Å². The SMILES string of the molecule is c1ccc(C2=NC(c3ccc4c(c3)oc3ccc(-c5ccc(-c6ccccc6)cc5)cc34)=NC(c3cccc4c3sc3ccccc34)N2)cc1. The number of benzene rings is 7. The maximum atomic E-state index is 6.45. The van der Waals surface area contributed by atoms with Crippen molar-refractivity contribution >= 4 is 65.1 Å². The lowest BCUT2D eigenvalue weighted by Crippen LogP contribution is -2.33. The second-order valence-electron chi connectivity index (χ2n) is 12.6. The predicted octanol–water partition coefficient (Wildman–Crippen LogP) is 11.8. The Morgan fingerprint density at radius 2 is 1.14 bits per heavy atom. The van der Waals surface area contributed by atoms with Crippen molar-refractivity contribution in [1.29, 1.82) is 0 Å². The summed E-state index contributed by atoms with van der Waals surface area (Å²) in [7, 11) is 0. The zero-order valence-electron chi connectivity index (χ0n) is 26.9. The van der Waals surface area contributed by atoms with Crippen LogP contribution in [-0.2, 0) is 0 Å². The molecule has 0 radical (unpaired) electrons. The van der Waals surface area contributed by atoms with Gasteiger partial charge in [0.05, 0.1) is 0 Å². The summed E-state index contributed by atoms with van der Waals surface area (Å²) in [6, 6.07) is 57.4. The molecule has 9 aromatic rings. The van der Waals surface area contributed by atoms with Gasteiger partial charge in [-0.25, -0.2) is 9.98 Å². The topological polar surface area (TPSA) is 49.9 Å². The van der Waals surface area contributed by atoms with Gasteiger partial charge in [0.25, 0.3) is 0 Å². The van der Waals surface area contributed by atoms with E-state index >= 15 is 0 Å². The van der Waals surface area contributed by atoms with Gasteiger partial charge < -0.3 is 9.73 Å². The van der Waals surface area contributed by atoms with E-state index in [1.165, 1.54) is 36.9 Å². The van der Waals surface area contributed by atoms with E-state index in [-0.39, 0.29) is 6.17 Å². The second-order valence-corrected chi connectivity index (χ2v) is 13.7. The molecule has 0 fully saturated rings. The summed E-state index contributed by atoms with van der Waals surface area (Å²) in [5.41, 5.74) is 9.49. The molecule has 0 saturated carbocycles. The molecule has 1 N–H and O–H groups in total. The van der Waals surface area contributed by atoms with Crippen LogP contribution in [0.4, 0.5) is 0 Å². The van der Waals surface area contributed by atoms with Crippen molar-refractivity contribution in [3.05, 3.63) is 180 Å². The van der Waals surface area contributed by atoms with Crippen LogP contribution in [0.5, 0.6) is 0 Å². The lowest BCUT2D eigenvalue weighted by Gasteiger charge is -2.24. The number of furan rings is 1. The van der Waals surface area contributed by atoms with Crippen LogP contribution >= 0.6 is 11.3 Å². The lowest BCUT2D eigenvalue weighted by atomic mass is 9.99. The van der Waals surface area contributed by atoms with Crippen LogP contribution in [0.25, 0.3) is 64.4 Å². The van der Waals surface area contributed by atoms with E-state index in [2.05, 4.69) is 145 Å².